The van der Waals surface area contributed by atoms with Gasteiger partial charge in [-0.15, -0.1) is 0 Å². The average molecular weight is 164 g/mol. The fourth-order valence-corrected chi connectivity index (χ4v) is 1.29. The van der Waals surface area contributed by atoms with Crippen LogP contribution in [-0.4, -0.2) is 9.97 Å². The van der Waals surface area contributed by atoms with Gasteiger partial charge in [0.1, 0.15) is 0 Å². The number of thiol groups is 1. The molecule has 0 aliphatic carbocycles. The van der Waals surface area contributed by atoms with E-state index in [0.717, 1.165) is 22.3 Å². The van der Waals surface area contributed by atoms with Gasteiger partial charge in [-0.05, 0) is 12.1 Å². The van der Waals surface area contributed by atoms with Gasteiger partial charge < -0.3 is 4.98 Å². The molecule has 2 heterocycles. The predicted octanol–water partition coefficient (Wildman–Crippen LogP) is 1.99. The Balaban J connectivity index is 2.69. The second kappa shape index (κ2) is 2.58. The first kappa shape index (κ1) is 6.73. The van der Waals surface area contributed by atoms with Crippen LogP contribution in [0.5, 0.6) is 0 Å². The zero-order chi connectivity index (χ0) is 7.68. The zero-order valence-electron chi connectivity index (χ0n) is 5.91. The number of aromatic nitrogens is 2. The molecule has 11 heavy (non-hydrogen) atoms. The van der Waals surface area contributed by atoms with Crippen LogP contribution in [0.3, 0.4) is 0 Å². The highest BCUT2D eigenvalue weighted by molar-refractivity contribution is 7.79. The van der Waals surface area contributed by atoms with Crippen molar-refractivity contribution in [2.75, 3.05) is 0 Å². The first-order chi connectivity index (χ1) is 5.40. The van der Waals surface area contributed by atoms with Crippen molar-refractivity contribution in [1.82, 2.24) is 9.97 Å². The van der Waals surface area contributed by atoms with E-state index in [4.69, 9.17) is 0 Å². The van der Waals surface area contributed by atoms with Crippen molar-refractivity contribution < 1.29 is 0 Å². The largest absolute Gasteiger partial charge is 0.358 e. The van der Waals surface area contributed by atoms with Crippen LogP contribution in [0.15, 0.2) is 24.5 Å². The van der Waals surface area contributed by atoms with Crippen molar-refractivity contribution >= 4 is 23.5 Å². The van der Waals surface area contributed by atoms with E-state index in [0.29, 0.717) is 0 Å². The third-order valence-corrected chi connectivity index (χ3v) is 1.99. The van der Waals surface area contributed by atoms with Crippen molar-refractivity contribution in [2.24, 2.45) is 0 Å². The average Bonchev–Trinajstić information content (AvgIpc) is 2.46. The molecule has 0 saturated carbocycles. The molecule has 0 unspecified atom stereocenters. The van der Waals surface area contributed by atoms with E-state index in [1.807, 2.05) is 12.3 Å². The summed E-state index contributed by atoms with van der Waals surface area (Å²) in [6.07, 6.45) is 3.62. The number of fused-ring (bicyclic) bond motifs is 1. The molecule has 3 heteroatoms. The minimum Gasteiger partial charge on any atom is -0.358 e. The molecule has 2 aromatic heterocycles. The van der Waals surface area contributed by atoms with Gasteiger partial charge in [-0.3, -0.25) is 4.98 Å². The van der Waals surface area contributed by atoms with Gasteiger partial charge in [0.2, 0.25) is 0 Å². The molecule has 0 saturated heterocycles. The molecule has 0 aliphatic rings. The second-order valence-corrected chi connectivity index (χ2v) is 2.73. The Hall–Kier alpha value is -0.960. The number of pyridine rings is 1. The van der Waals surface area contributed by atoms with Gasteiger partial charge in [0.25, 0.3) is 0 Å². The molecule has 0 aromatic carbocycles. The van der Waals surface area contributed by atoms with Crippen LogP contribution >= 0.6 is 12.6 Å². The third-order valence-electron chi connectivity index (χ3n) is 1.65. The lowest BCUT2D eigenvalue weighted by Gasteiger charge is -1.84. The fourth-order valence-electron chi connectivity index (χ4n) is 1.12. The highest BCUT2D eigenvalue weighted by Crippen LogP contribution is 2.13. The van der Waals surface area contributed by atoms with Gasteiger partial charge >= 0.3 is 0 Å². The molecule has 2 rings (SSSR count). The van der Waals surface area contributed by atoms with Crippen molar-refractivity contribution in [3.05, 3.63) is 30.2 Å². The molecule has 0 radical (unpaired) electrons. The van der Waals surface area contributed by atoms with Crippen LogP contribution in [0.4, 0.5) is 0 Å². The predicted molar refractivity (Wildman–Crippen MR) is 48.8 cm³/mol. The number of rotatable bonds is 1. The van der Waals surface area contributed by atoms with E-state index in [1.165, 1.54) is 0 Å². The van der Waals surface area contributed by atoms with Gasteiger partial charge in [-0.2, -0.15) is 12.6 Å². The first-order valence-electron chi connectivity index (χ1n) is 3.42. The van der Waals surface area contributed by atoms with Gasteiger partial charge in [0.15, 0.2) is 0 Å². The Morgan fingerprint density at radius 1 is 1.55 bits per heavy atom. The molecule has 0 amide bonds. The van der Waals surface area contributed by atoms with Crippen molar-refractivity contribution in [3.8, 4) is 0 Å². The van der Waals surface area contributed by atoms with E-state index < -0.39 is 0 Å². The minimum atomic E-state index is 0.745. The second-order valence-electron chi connectivity index (χ2n) is 2.42. The van der Waals surface area contributed by atoms with Crippen molar-refractivity contribution in [2.45, 2.75) is 5.75 Å². The van der Waals surface area contributed by atoms with Crippen LogP contribution in [-0.2, 0) is 5.75 Å². The molecule has 2 aromatic rings. The van der Waals surface area contributed by atoms with Crippen LogP contribution in [0, 0.1) is 0 Å². The molecule has 1 N–H and O–H groups in total. The molecule has 0 spiro atoms. The van der Waals surface area contributed by atoms with Crippen molar-refractivity contribution in [1.29, 1.82) is 0 Å². The lowest BCUT2D eigenvalue weighted by molar-refractivity contribution is 1.27. The van der Waals surface area contributed by atoms with Gasteiger partial charge in [-0.1, -0.05) is 0 Å². The summed E-state index contributed by atoms with van der Waals surface area (Å²) in [5, 5.41) is 1.15. The normalized spacial score (nSPS) is 10.6. The highest BCUT2D eigenvalue weighted by Gasteiger charge is 1.96. The number of hydrogen-bond acceptors (Lipinski definition) is 2. The zero-order valence-corrected chi connectivity index (χ0v) is 6.81. The Morgan fingerprint density at radius 2 is 2.45 bits per heavy atom. The SMILES string of the molecule is SCc1cc2cnccc2[nH]1. The molecule has 56 valence electrons. The summed E-state index contributed by atoms with van der Waals surface area (Å²) in [7, 11) is 0. The summed E-state index contributed by atoms with van der Waals surface area (Å²) in [5.41, 5.74) is 2.26. The van der Waals surface area contributed by atoms with Crippen molar-refractivity contribution in [3.63, 3.8) is 0 Å². The third kappa shape index (κ3) is 1.12. The number of nitrogens with one attached hydrogen (secondary N) is 1. The van der Waals surface area contributed by atoms with E-state index in [1.54, 1.807) is 6.20 Å². The summed E-state index contributed by atoms with van der Waals surface area (Å²) in [6, 6.07) is 4.03. The smallest absolute Gasteiger partial charge is 0.0487 e. The van der Waals surface area contributed by atoms with Crippen LogP contribution in [0.2, 0.25) is 0 Å². The monoisotopic (exact) mass is 164 g/mol. The van der Waals surface area contributed by atoms with E-state index >= 15 is 0 Å². The number of H-pyrrole nitrogens is 1. The Labute approximate surface area is 70.1 Å². The van der Waals surface area contributed by atoms with Gasteiger partial charge in [0, 0.05) is 34.7 Å². The number of hydrogen-bond donors (Lipinski definition) is 2. The summed E-state index contributed by atoms with van der Waals surface area (Å²) in [4.78, 5) is 7.24. The van der Waals surface area contributed by atoms with Crippen LogP contribution < -0.4 is 0 Å². The standard InChI is InChI=1S/C8H8N2S/c11-5-7-3-6-4-9-2-1-8(6)10-7/h1-4,10-11H,5H2. The molecular weight excluding hydrogens is 156 g/mol. The molecule has 2 nitrogen and oxygen atoms in total. The topological polar surface area (TPSA) is 28.7 Å². The van der Waals surface area contributed by atoms with E-state index in [2.05, 4.69) is 28.7 Å². The summed E-state index contributed by atoms with van der Waals surface area (Å²) >= 11 is 4.17. The molecular formula is C8H8N2S. The molecule has 0 bridgehead atoms. The number of nitrogens with zero attached hydrogens (tertiary/aromatic N) is 1. The Kier molecular flexibility index (Phi) is 1.58. The van der Waals surface area contributed by atoms with Gasteiger partial charge in [-0.25, -0.2) is 0 Å². The van der Waals surface area contributed by atoms with E-state index in [9.17, 15) is 0 Å². The Morgan fingerprint density at radius 3 is 3.18 bits per heavy atom. The Bertz CT molecular complexity index is 334. The summed E-state index contributed by atoms with van der Waals surface area (Å²) in [5.74, 6) is 0.745. The maximum absolute atomic E-state index is 4.17. The fraction of sp³-hybridized carbons (Fsp3) is 0.125. The maximum atomic E-state index is 4.17. The van der Waals surface area contributed by atoms with Crippen LogP contribution in [0.1, 0.15) is 5.69 Å². The minimum absolute atomic E-state index is 0.745. The van der Waals surface area contributed by atoms with Crippen LogP contribution in [0.25, 0.3) is 10.9 Å². The first-order valence-corrected chi connectivity index (χ1v) is 4.06. The highest BCUT2D eigenvalue weighted by atomic mass is 32.1. The molecule has 0 aliphatic heterocycles. The lowest BCUT2D eigenvalue weighted by Crippen LogP contribution is -1.72. The summed E-state index contributed by atoms with van der Waals surface area (Å²) in [6.45, 7) is 0. The quantitative estimate of drug-likeness (QED) is 0.620. The molecule has 0 atom stereocenters. The maximum Gasteiger partial charge on any atom is 0.0487 e. The molecule has 0 fully saturated rings. The van der Waals surface area contributed by atoms with Gasteiger partial charge in [0.05, 0.1) is 0 Å². The number of aromatic amines is 1. The lowest BCUT2D eigenvalue weighted by atomic mass is 10.3. The summed E-state index contributed by atoms with van der Waals surface area (Å²) < 4.78 is 0. The van der Waals surface area contributed by atoms with E-state index in [-0.39, 0.29) is 0 Å².